The molecule has 0 amide bonds. The highest BCUT2D eigenvalue weighted by atomic mass is 16.5. The van der Waals surface area contributed by atoms with Crippen LogP contribution in [-0.2, 0) is 16.6 Å². The third-order valence-corrected chi connectivity index (χ3v) is 2.94. The lowest BCUT2D eigenvalue weighted by Gasteiger charge is -2.23. The van der Waals surface area contributed by atoms with Crippen molar-refractivity contribution in [1.82, 2.24) is 5.32 Å². The Morgan fingerprint density at radius 3 is 2.58 bits per heavy atom. The molecule has 0 aliphatic rings. The van der Waals surface area contributed by atoms with E-state index < -0.39 is 5.97 Å². The summed E-state index contributed by atoms with van der Waals surface area (Å²) in [6, 6.07) is 6.14. The van der Waals surface area contributed by atoms with E-state index in [-0.39, 0.29) is 12.0 Å². The smallest absolute Gasteiger partial charge is 0.317 e. The van der Waals surface area contributed by atoms with Crippen LogP contribution >= 0.6 is 0 Å². The molecule has 0 spiro atoms. The number of carboxylic acids is 1. The standard InChI is InChI=1S/C15H23NO3/c1-15(2,3)12-9-11(5-6-13(12)19-4)7-8-16-10-14(17)18/h5-6,9,16H,7-8,10H2,1-4H3,(H,17,18). The first-order chi connectivity index (χ1) is 8.84. The van der Waals surface area contributed by atoms with Crippen LogP contribution in [0.25, 0.3) is 0 Å². The molecule has 0 aliphatic carbocycles. The first-order valence-corrected chi connectivity index (χ1v) is 6.44. The summed E-state index contributed by atoms with van der Waals surface area (Å²) < 4.78 is 5.39. The maximum atomic E-state index is 10.4. The van der Waals surface area contributed by atoms with Gasteiger partial charge in [0.05, 0.1) is 13.7 Å². The molecule has 0 radical (unpaired) electrons. The van der Waals surface area contributed by atoms with Gasteiger partial charge in [-0.05, 0) is 35.6 Å². The molecule has 2 N–H and O–H groups in total. The minimum atomic E-state index is -0.829. The molecule has 0 saturated heterocycles. The van der Waals surface area contributed by atoms with Crippen LogP contribution in [0, 0.1) is 0 Å². The van der Waals surface area contributed by atoms with Gasteiger partial charge in [0.2, 0.25) is 0 Å². The highest BCUT2D eigenvalue weighted by Gasteiger charge is 2.19. The highest BCUT2D eigenvalue weighted by Crippen LogP contribution is 2.31. The summed E-state index contributed by atoms with van der Waals surface area (Å²) >= 11 is 0. The van der Waals surface area contributed by atoms with E-state index in [1.807, 2.05) is 12.1 Å². The third-order valence-electron chi connectivity index (χ3n) is 2.94. The molecule has 4 nitrogen and oxygen atoms in total. The summed E-state index contributed by atoms with van der Waals surface area (Å²) in [5.74, 6) is 0.0693. The molecule has 1 aromatic carbocycles. The third kappa shape index (κ3) is 4.91. The topological polar surface area (TPSA) is 58.6 Å². The Kier molecular flexibility index (Phi) is 5.36. The van der Waals surface area contributed by atoms with Crippen LogP contribution in [0.2, 0.25) is 0 Å². The van der Waals surface area contributed by atoms with E-state index in [9.17, 15) is 4.79 Å². The molecular formula is C15H23NO3. The van der Waals surface area contributed by atoms with Crippen LogP contribution in [0.4, 0.5) is 0 Å². The Hall–Kier alpha value is -1.55. The van der Waals surface area contributed by atoms with Gasteiger partial charge in [0.1, 0.15) is 5.75 Å². The number of ether oxygens (including phenoxy) is 1. The monoisotopic (exact) mass is 265 g/mol. The van der Waals surface area contributed by atoms with Gasteiger partial charge in [-0.15, -0.1) is 0 Å². The number of hydrogen-bond acceptors (Lipinski definition) is 3. The SMILES string of the molecule is COc1ccc(CCNCC(=O)O)cc1C(C)(C)C. The molecular weight excluding hydrogens is 242 g/mol. The van der Waals surface area contributed by atoms with Crippen molar-refractivity contribution in [3.8, 4) is 5.75 Å². The van der Waals surface area contributed by atoms with Gasteiger partial charge in [-0.1, -0.05) is 32.9 Å². The normalized spacial score (nSPS) is 11.4. The molecule has 19 heavy (non-hydrogen) atoms. The van der Waals surface area contributed by atoms with Crippen molar-refractivity contribution < 1.29 is 14.6 Å². The Bertz CT molecular complexity index is 436. The minimum absolute atomic E-state index is 0.00226. The average Bonchev–Trinajstić information content (AvgIpc) is 2.33. The second-order valence-corrected chi connectivity index (χ2v) is 5.61. The van der Waals surface area contributed by atoms with Gasteiger partial charge in [-0.2, -0.15) is 0 Å². The summed E-state index contributed by atoms with van der Waals surface area (Å²) in [5.41, 5.74) is 2.38. The largest absolute Gasteiger partial charge is 0.496 e. The first kappa shape index (κ1) is 15.5. The van der Waals surface area contributed by atoms with Gasteiger partial charge in [-0.25, -0.2) is 0 Å². The Labute approximate surface area is 114 Å². The number of methoxy groups -OCH3 is 1. The van der Waals surface area contributed by atoms with Crippen molar-refractivity contribution in [3.63, 3.8) is 0 Å². The van der Waals surface area contributed by atoms with E-state index in [4.69, 9.17) is 9.84 Å². The molecule has 0 aromatic heterocycles. The molecule has 0 aliphatic heterocycles. The number of carboxylic acid groups (broad SMARTS) is 1. The van der Waals surface area contributed by atoms with E-state index >= 15 is 0 Å². The lowest BCUT2D eigenvalue weighted by molar-refractivity contribution is -0.135. The fraction of sp³-hybridized carbons (Fsp3) is 0.533. The summed E-state index contributed by atoms with van der Waals surface area (Å²) in [6.45, 7) is 7.11. The van der Waals surface area contributed by atoms with Gasteiger partial charge in [-0.3, -0.25) is 4.79 Å². The molecule has 1 aromatic rings. The van der Waals surface area contributed by atoms with Crippen LogP contribution in [0.5, 0.6) is 5.75 Å². The summed E-state index contributed by atoms with van der Waals surface area (Å²) in [4.78, 5) is 10.4. The van der Waals surface area contributed by atoms with E-state index in [1.165, 1.54) is 11.1 Å². The lowest BCUT2D eigenvalue weighted by atomic mass is 9.85. The van der Waals surface area contributed by atoms with Crippen LogP contribution < -0.4 is 10.1 Å². The number of hydrogen-bond donors (Lipinski definition) is 2. The van der Waals surface area contributed by atoms with Crippen molar-refractivity contribution in [2.24, 2.45) is 0 Å². The molecule has 0 atom stereocenters. The molecule has 0 unspecified atom stereocenters. The fourth-order valence-electron chi connectivity index (χ4n) is 1.92. The number of carbonyl (C=O) groups is 1. The van der Waals surface area contributed by atoms with Crippen molar-refractivity contribution in [2.75, 3.05) is 20.2 Å². The predicted molar refractivity (Wildman–Crippen MR) is 75.9 cm³/mol. The summed E-state index contributed by atoms with van der Waals surface area (Å²) in [6.07, 6.45) is 0.806. The molecule has 0 fully saturated rings. The maximum absolute atomic E-state index is 10.4. The summed E-state index contributed by atoms with van der Waals surface area (Å²) in [7, 11) is 1.68. The minimum Gasteiger partial charge on any atom is -0.496 e. The van der Waals surface area contributed by atoms with Crippen molar-refractivity contribution in [2.45, 2.75) is 32.6 Å². The maximum Gasteiger partial charge on any atom is 0.317 e. The van der Waals surface area contributed by atoms with E-state index in [0.717, 1.165) is 12.2 Å². The van der Waals surface area contributed by atoms with Gasteiger partial charge in [0.25, 0.3) is 0 Å². The predicted octanol–water partition coefficient (Wildman–Crippen LogP) is 2.21. The van der Waals surface area contributed by atoms with Crippen molar-refractivity contribution in [1.29, 1.82) is 0 Å². The lowest BCUT2D eigenvalue weighted by Crippen LogP contribution is -2.24. The Balaban J connectivity index is 2.73. The molecule has 0 saturated carbocycles. The molecule has 106 valence electrons. The Morgan fingerprint density at radius 1 is 1.37 bits per heavy atom. The van der Waals surface area contributed by atoms with Crippen molar-refractivity contribution in [3.05, 3.63) is 29.3 Å². The van der Waals surface area contributed by atoms with E-state index in [0.29, 0.717) is 6.54 Å². The number of rotatable bonds is 6. The zero-order chi connectivity index (χ0) is 14.5. The average molecular weight is 265 g/mol. The second-order valence-electron chi connectivity index (χ2n) is 5.61. The fourth-order valence-corrected chi connectivity index (χ4v) is 1.92. The zero-order valence-corrected chi connectivity index (χ0v) is 12.1. The van der Waals surface area contributed by atoms with Crippen LogP contribution in [0.15, 0.2) is 18.2 Å². The first-order valence-electron chi connectivity index (χ1n) is 6.44. The number of aliphatic carboxylic acids is 1. The van der Waals surface area contributed by atoms with E-state index in [2.05, 4.69) is 32.2 Å². The zero-order valence-electron chi connectivity index (χ0n) is 12.1. The Morgan fingerprint density at radius 2 is 2.05 bits per heavy atom. The highest BCUT2D eigenvalue weighted by molar-refractivity contribution is 5.68. The number of benzene rings is 1. The molecule has 0 bridgehead atoms. The quantitative estimate of drug-likeness (QED) is 0.774. The second kappa shape index (κ2) is 6.57. The number of nitrogens with one attached hydrogen (secondary N) is 1. The van der Waals surface area contributed by atoms with Gasteiger partial charge >= 0.3 is 5.97 Å². The summed E-state index contributed by atoms with van der Waals surface area (Å²) in [5, 5.41) is 11.4. The van der Waals surface area contributed by atoms with Crippen LogP contribution in [-0.4, -0.2) is 31.3 Å². The van der Waals surface area contributed by atoms with Gasteiger partial charge in [0, 0.05) is 0 Å². The van der Waals surface area contributed by atoms with Crippen LogP contribution in [0.3, 0.4) is 0 Å². The molecule has 1 rings (SSSR count). The van der Waals surface area contributed by atoms with E-state index in [1.54, 1.807) is 7.11 Å². The van der Waals surface area contributed by atoms with Crippen LogP contribution in [0.1, 0.15) is 31.9 Å². The van der Waals surface area contributed by atoms with Gasteiger partial charge < -0.3 is 15.2 Å². The molecule has 0 heterocycles. The van der Waals surface area contributed by atoms with Crippen molar-refractivity contribution >= 4 is 5.97 Å². The van der Waals surface area contributed by atoms with Gasteiger partial charge in [0.15, 0.2) is 0 Å². The molecule has 4 heteroatoms.